The van der Waals surface area contributed by atoms with Crippen LogP contribution in [0.5, 0.6) is 0 Å². The third kappa shape index (κ3) is 2.84. The largest absolute Gasteiger partial charge is 0.388 e. The fourth-order valence-corrected chi connectivity index (χ4v) is 3.33. The molecular formula is C15H24N4. The lowest BCUT2D eigenvalue weighted by molar-refractivity contribution is 0.187. The molecule has 0 atom stereocenters. The van der Waals surface area contributed by atoms with Gasteiger partial charge in [0.1, 0.15) is 5.82 Å². The minimum absolute atomic E-state index is 0.860. The summed E-state index contributed by atoms with van der Waals surface area (Å²) in [5.74, 6) is 1.11. The lowest BCUT2D eigenvalue weighted by Gasteiger charge is -2.38. The van der Waals surface area contributed by atoms with Gasteiger partial charge in [0.25, 0.3) is 0 Å². The van der Waals surface area contributed by atoms with Crippen LogP contribution in [-0.2, 0) is 0 Å². The van der Waals surface area contributed by atoms with Crippen molar-refractivity contribution in [2.75, 3.05) is 43.4 Å². The van der Waals surface area contributed by atoms with Gasteiger partial charge in [-0.15, -0.1) is 0 Å². The first-order valence-electron chi connectivity index (χ1n) is 7.49. The molecule has 1 saturated carbocycles. The van der Waals surface area contributed by atoms with Crippen LogP contribution in [0.1, 0.15) is 25.7 Å². The SMILES string of the molecule is CNc1ccnc(N2CCN(C3CCCC3)CC2)c1. The fourth-order valence-electron chi connectivity index (χ4n) is 3.33. The predicted octanol–water partition coefficient (Wildman–Crippen LogP) is 2.19. The van der Waals surface area contributed by atoms with E-state index in [2.05, 4.69) is 26.2 Å². The van der Waals surface area contributed by atoms with Gasteiger partial charge in [0.2, 0.25) is 0 Å². The Labute approximate surface area is 115 Å². The van der Waals surface area contributed by atoms with Crippen molar-refractivity contribution in [2.24, 2.45) is 0 Å². The first kappa shape index (κ1) is 12.7. The molecule has 4 nitrogen and oxygen atoms in total. The average molecular weight is 260 g/mol. The Morgan fingerprint density at radius 1 is 1.16 bits per heavy atom. The van der Waals surface area contributed by atoms with Crippen molar-refractivity contribution >= 4 is 11.5 Å². The quantitative estimate of drug-likeness (QED) is 0.902. The summed E-state index contributed by atoms with van der Waals surface area (Å²) in [6.45, 7) is 4.60. The molecule has 19 heavy (non-hydrogen) atoms. The summed E-state index contributed by atoms with van der Waals surface area (Å²) in [5.41, 5.74) is 1.14. The maximum absolute atomic E-state index is 4.50. The van der Waals surface area contributed by atoms with Gasteiger partial charge in [-0.05, 0) is 18.9 Å². The lowest BCUT2D eigenvalue weighted by Crippen LogP contribution is -2.50. The molecule has 2 fully saturated rings. The molecule has 1 aliphatic heterocycles. The molecule has 0 radical (unpaired) electrons. The summed E-state index contributed by atoms with van der Waals surface area (Å²) in [4.78, 5) is 9.60. The van der Waals surface area contributed by atoms with Crippen molar-refractivity contribution < 1.29 is 0 Å². The number of nitrogens with zero attached hydrogens (tertiary/aromatic N) is 3. The summed E-state index contributed by atoms with van der Waals surface area (Å²) >= 11 is 0. The summed E-state index contributed by atoms with van der Waals surface area (Å²) < 4.78 is 0. The molecule has 0 aromatic carbocycles. The van der Waals surface area contributed by atoms with Crippen molar-refractivity contribution in [2.45, 2.75) is 31.7 Å². The molecule has 1 N–H and O–H groups in total. The average Bonchev–Trinajstić information content (AvgIpc) is 3.02. The van der Waals surface area contributed by atoms with Crippen LogP contribution in [0.15, 0.2) is 18.3 Å². The standard InChI is InChI=1S/C15H24N4/c1-16-13-6-7-17-15(12-13)19-10-8-18(9-11-19)14-4-2-3-5-14/h6-7,12,14H,2-5,8-11H2,1H3,(H,16,17). The zero-order valence-corrected chi connectivity index (χ0v) is 11.8. The Kier molecular flexibility index (Phi) is 3.87. The Bertz CT molecular complexity index is 406. The van der Waals surface area contributed by atoms with Crippen LogP contribution in [0.2, 0.25) is 0 Å². The Morgan fingerprint density at radius 2 is 1.89 bits per heavy atom. The van der Waals surface area contributed by atoms with Crippen LogP contribution in [0.25, 0.3) is 0 Å². The van der Waals surface area contributed by atoms with E-state index < -0.39 is 0 Å². The molecule has 1 saturated heterocycles. The number of hydrogen-bond acceptors (Lipinski definition) is 4. The third-order valence-electron chi connectivity index (χ3n) is 4.51. The molecule has 0 amide bonds. The predicted molar refractivity (Wildman–Crippen MR) is 79.8 cm³/mol. The zero-order valence-electron chi connectivity index (χ0n) is 11.8. The monoisotopic (exact) mass is 260 g/mol. The molecule has 1 aromatic heterocycles. The number of piperazine rings is 1. The number of pyridine rings is 1. The van der Waals surface area contributed by atoms with Crippen LogP contribution in [0.3, 0.4) is 0 Å². The van der Waals surface area contributed by atoms with Crippen molar-refractivity contribution in [1.29, 1.82) is 0 Å². The molecule has 0 unspecified atom stereocenters. The minimum Gasteiger partial charge on any atom is -0.388 e. The van der Waals surface area contributed by atoms with Crippen LogP contribution >= 0.6 is 0 Å². The molecule has 3 rings (SSSR count). The van der Waals surface area contributed by atoms with Crippen LogP contribution in [0.4, 0.5) is 11.5 Å². The minimum atomic E-state index is 0.860. The maximum atomic E-state index is 4.50. The smallest absolute Gasteiger partial charge is 0.130 e. The second kappa shape index (κ2) is 5.78. The van der Waals surface area contributed by atoms with Gasteiger partial charge in [-0.1, -0.05) is 12.8 Å². The highest BCUT2D eigenvalue weighted by Crippen LogP contribution is 2.25. The zero-order chi connectivity index (χ0) is 13.1. The van der Waals surface area contributed by atoms with Gasteiger partial charge < -0.3 is 10.2 Å². The molecule has 1 aliphatic carbocycles. The maximum Gasteiger partial charge on any atom is 0.130 e. The molecule has 4 heteroatoms. The summed E-state index contributed by atoms with van der Waals surface area (Å²) in [7, 11) is 1.96. The first-order valence-corrected chi connectivity index (χ1v) is 7.49. The molecule has 1 aromatic rings. The lowest BCUT2D eigenvalue weighted by atomic mass is 10.2. The number of nitrogens with one attached hydrogen (secondary N) is 1. The molecule has 0 spiro atoms. The Balaban J connectivity index is 1.59. The summed E-state index contributed by atoms with van der Waals surface area (Å²) in [5, 5.41) is 3.18. The van der Waals surface area contributed by atoms with Gasteiger partial charge in [0.15, 0.2) is 0 Å². The number of aromatic nitrogens is 1. The van der Waals surface area contributed by atoms with E-state index in [1.54, 1.807) is 0 Å². The Hall–Kier alpha value is -1.29. The highest BCUT2D eigenvalue weighted by atomic mass is 15.3. The van der Waals surface area contributed by atoms with E-state index in [0.717, 1.165) is 30.6 Å². The van der Waals surface area contributed by atoms with Gasteiger partial charge in [-0.3, -0.25) is 4.90 Å². The summed E-state index contributed by atoms with van der Waals surface area (Å²) in [6.07, 6.45) is 7.57. The van der Waals surface area contributed by atoms with E-state index in [1.807, 2.05) is 19.3 Å². The highest BCUT2D eigenvalue weighted by molar-refractivity contribution is 5.53. The first-order chi connectivity index (χ1) is 9.36. The van der Waals surface area contributed by atoms with Gasteiger partial charge >= 0.3 is 0 Å². The van der Waals surface area contributed by atoms with Crippen LogP contribution in [-0.4, -0.2) is 49.2 Å². The van der Waals surface area contributed by atoms with E-state index in [9.17, 15) is 0 Å². The van der Waals surface area contributed by atoms with Crippen molar-refractivity contribution in [3.05, 3.63) is 18.3 Å². The number of hydrogen-bond donors (Lipinski definition) is 1. The summed E-state index contributed by atoms with van der Waals surface area (Å²) in [6, 6.07) is 5.02. The van der Waals surface area contributed by atoms with Crippen molar-refractivity contribution in [3.63, 3.8) is 0 Å². The van der Waals surface area contributed by atoms with Crippen molar-refractivity contribution in [1.82, 2.24) is 9.88 Å². The molecule has 2 aliphatic rings. The molecule has 2 heterocycles. The fraction of sp³-hybridized carbons (Fsp3) is 0.667. The third-order valence-corrected chi connectivity index (χ3v) is 4.51. The van der Waals surface area contributed by atoms with Gasteiger partial charge in [0.05, 0.1) is 0 Å². The van der Waals surface area contributed by atoms with E-state index in [1.165, 1.54) is 38.8 Å². The van der Waals surface area contributed by atoms with E-state index in [4.69, 9.17) is 0 Å². The molecule has 104 valence electrons. The van der Waals surface area contributed by atoms with E-state index in [-0.39, 0.29) is 0 Å². The van der Waals surface area contributed by atoms with E-state index >= 15 is 0 Å². The van der Waals surface area contributed by atoms with Crippen LogP contribution in [0, 0.1) is 0 Å². The topological polar surface area (TPSA) is 31.4 Å². The normalized spacial score (nSPS) is 21.8. The van der Waals surface area contributed by atoms with Gasteiger partial charge in [-0.25, -0.2) is 4.98 Å². The second-order valence-corrected chi connectivity index (χ2v) is 5.61. The molecule has 0 bridgehead atoms. The van der Waals surface area contributed by atoms with Gasteiger partial charge in [0, 0.05) is 57.2 Å². The van der Waals surface area contributed by atoms with Gasteiger partial charge in [-0.2, -0.15) is 0 Å². The highest BCUT2D eigenvalue weighted by Gasteiger charge is 2.26. The van der Waals surface area contributed by atoms with Crippen LogP contribution < -0.4 is 10.2 Å². The number of anilines is 2. The number of rotatable bonds is 3. The Morgan fingerprint density at radius 3 is 2.58 bits per heavy atom. The van der Waals surface area contributed by atoms with E-state index in [0.29, 0.717) is 0 Å². The van der Waals surface area contributed by atoms with Crippen molar-refractivity contribution in [3.8, 4) is 0 Å². The molecular weight excluding hydrogens is 236 g/mol. The second-order valence-electron chi connectivity index (χ2n) is 5.61.